The summed E-state index contributed by atoms with van der Waals surface area (Å²) in [6.07, 6.45) is 0. The standard InChI is InChI=1S/C16H16N2O2S2/c1-11-9-14-15(10-12(11)2)21-16(18(14)3)17-22(19,20)13-7-5-4-6-8-13/h4-10H,1-3H3. The number of hydrogen-bond donors (Lipinski definition) is 0. The molecule has 0 unspecified atom stereocenters. The Morgan fingerprint density at radius 1 is 1.05 bits per heavy atom. The van der Waals surface area contributed by atoms with Crippen LogP contribution >= 0.6 is 11.3 Å². The van der Waals surface area contributed by atoms with Crippen molar-refractivity contribution in [3.8, 4) is 0 Å². The van der Waals surface area contributed by atoms with Gasteiger partial charge in [0.15, 0.2) is 0 Å². The Labute approximate surface area is 133 Å². The van der Waals surface area contributed by atoms with Crippen LogP contribution in [0.2, 0.25) is 0 Å². The number of aromatic nitrogens is 1. The number of rotatable bonds is 2. The zero-order valence-electron chi connectivity index (χ0n) is 12.6. The SMILES string of the molecule is Cc1cc2sc(=NS(=O)(=O)c3ccccc3)n(C)c2cc1C. The quantitative estimate of drug-likeness (QED) is 0.724. The van der Waals surface area contributed by atoms with Gasteiger partial charge in [0.1, 0.15) is 0 Å². The summed E-state index contributed by atoms with van der Waals surface area (Å²) in [5.41, 5.74) is 3.36. The Morgan fingerprint density at radius 3 is 2.36 bits per heavy atom. The maximum absolute atomic E-state index is 12.4. The molecule has 0 aliphatic carbocycles. The number of sulfonamides is 1. The average Bonchev–Trinajstić information content (AvgIpc) is 2.76. The smallest absolute Gasteiger partial charge is 0.285 e. The molecule has 3 rings (SSSR count). The number of fused-ring (bicyclic) bond motifs is 1. The van der Waals surface area contributed by atoms with Gasteiger partial charge < -0.3 is 4.57 Å². The van der Waals surface area contributed by atoms with E-state index in [-0.39, 0.29) is 4.90 Å². The zero-order chi connectivity index (χ0) is 15.9. The molecule has 1 aromatic heterocycles. The lowest BCUT2D eigenvalue weighted by molar-refractivity contribution is 0.596. The van der Waals surface area contributed by atoms with Crippen molar-refractivity contribution < 1.29 is 8.42 Å². The summed E-state index contributed by atoms with van der Waals surface area (Å²) in [6.45, 7) is 4.09. The first kappa shape index (κ1) is 15.0. The maximum atomic E-state index is 12.4. The second-order valence-electron chi connectivity index (χ2n) is 5.23. The molecule has 0 bridgehead atoms. The lowest BCUT2D eigenvalue weighted by Gasteiger charge is -2.01. The van der Waals surface area contributed by atoms with Crippen molar-refractivity contribution in [1.82, 2.24) is 4.57 Å². The van der Waals surface area contributed by atoms with Crippen LogP contribution in [0, 0.1) is 13.8 Å². The summed E-state index contributed by atoms with van der Waals surface area (Å²) in [4.78, 5) is 0.684. The van der Waals surface area contributed by atoms with Crippen LogP contribution in [0.4, 0.5) is 0 Å². The monoisotopic (exact) mass is 332 g/mol. The minimum Gasteiger partial charge on any atom is -0.319 e. The van der Waals surface area contributed by atoms with Crippen molar-refractivity contribution in [2.24, 2.45) is 11.4 Å². The van der Waals surface area contributed by atoms with Crippen LogP contribution < -0.4 is 4.80 Å². The van der Waals surface area contributed by atoms with Crippen LogP contribution in [0.25, 0.3) is 10.2 Å². The summed E-state index contributed by atoms with van der Waals surface area (Å²) < 4.78 is 31.7. The Bertz CT molecular complexity index is 1010. The van der Waals surface area contributed by atoms with Crippen molar-refractivity contribution >= 4 is 31.6 Å². The molecular formula is C16H16N2O2S2. The average molecular weight is 332 g/mol. The predicted molar refractivity (Wildman–Crippen MR) is 89.5 cm³/mol. The molecule has 3 aromatic rings. The topological polar surface area (TPSA) is 51.4 Å². The van der Waals surface area contributed by atoms with E-state index < -0.39 is 10.0 Å². The van der Waals surface area contributed by atoms with E-state index >= 15 is 0 Å². The molecule has 0 amide bonds. The van der Waals surface area contributed by atoms with Gasteiger partial charge in [-0.05, 0) is 49.2 Å². The van der Waals surface area contributed by atoms with Crippen LogP contribution in [-0.2, 0) is 17.1 Å². The highest BCUT2D eigenvalue weighted by Gasteiger charge is 2.13. The first-order valence-corrected chi connectivity index (χ1v) is 9.07. The minimum atomic E-state index is -3.69. The highest BCUT2D eigenvalue weighted by molar-refractivity contribution is 7.90. The van der Waals surface area contributed by atoms with Crippen LogP contribution in [-0.4, -0.2) is 13.0 Å². The molecule has 0 radical (unpaired) electrons. The Balaban J connectivity index is 2.24. The number of thiazole rings is 1. The van der Waals surface area contributed by atoms with E-state index in [0.717, 1.165) is 10.2 Å². The van der Waals surface area contributed by atoms with E-state index in [2.05, 4.69) is 16.5 Å². The maximum Gasteiger partial charge on any atom is 0.285 e. The second kappa shape index (κ2) is 5.37. The molecule has 1 heterocycles. The lowest BCUT2D eigenvalue weighted by Crippen LogP contribution is -2.13. The van der Waals surface area contributed by atoms with Crippen molar-refractivity contribution in [2.75, 3.05) is 0 Å². The number of hydrogen-bond acceptors (Lipinski definition) is 3. The fraction of sp³-hybridized carbons (Fsp3) is 0.188. The van der Waals surface area contributed by atoms with Gasteiger partial charge in [-0.1, -0.05) is 29.5 Å². The lowest BCUT2D eigenvalue weighted by atomic mass is 10.1. The van der Waals surface area contributed by atoms with Gasteiger partial charge in [-0.2, -0.15) is 8.42 Å². The third kappa shape index (κ3) is 2.60. The third-order valence-corrected chi connectivity index (χ3v) is 6.16. The summed E-state index contributed by atoms with van der Waals surface area (Å²) in [6, 6.07) is 12.4. The van der Waals surface area contributed by atoms with Crippen molar-refractivity contribution in [3.05, 3.63) is 58.4 Å². The Hall–Kier alpha value is -1.92. The van der Waals surface area contributed by atoms with E-state index in [0.29, 0.717) is 4.80 Å². The molecule has 0 atom stereocenters. The van der Waals surface area contributed by atoms with Gasteiger partial charge in [-0.25, -0.2) is 0 Å². The summed E-state index contributed by atoms with van der Waals surface area (Å²) >= 11 is 1.39. The van der Waals surface area contributed by atoms with Crippen LogP contribution in [0.1, 0.15) is 11.1 Å². The third-order valence-electron chi connectivity index (χ3n) is 3.66. The molecule has 114 valence electrons. The number of nitrogens with zero attached hydrogens (tertiary/aromatic N) is 2. The van der Waals surface area contributed by atoms with Gasteiger partial charge in [-0.3, -0.25) is 0 Å². The largest absolute Gasteiger partial charge is 0.319 e. The van der Waals surface area contributed by atoms with E-state index in [9.17, 15) is 8.42 Å². The van der Waals surface area contributed by atoms with Gasteiger partial charge >= 0.3 is 0 Å². The summed E-state index contributed by atoms with van der Waals surface area (Å²) in [7, 11) is -1.85. The van der Waals surface area contributed by atoms with Crippen molar-refractivity contribution in [3.63, 3.8) is 0 Å². The highest BCUT2D eigenvalue weighted by Crippen LogP contribution is 2.21. The van der Waals surface area contributed by atoms with Crippen molar-refractivity contribution in [2.45, 2.75) is 18.7 Å². The first-order chi connectivity index (χ1) is 10.4. The van der Waals surface area contributed by atoms with Crippen LogP contribution in [0.15, 0.2) is 51.8 Å². The second-order valence-corrected chi connectivity index (χ2v) is 7.84. The molecule has 4 nitrogen and oxygen atoms in total. The summed E-state index contributed by atoms with van der Waals surface area (Å²) in [5.74, 6) is 0. The molecule has 0 fully saturated rings. The predicted octanol–water partition coefficient (Wildman–Crippen LogP) is 3.15. The fourth-order valence-electron chi connectivity index (χ4n) is 2.22. The normalized spacial score (nSPS) is 13.0. The Kier molecular flexibility index (Phi) is 3.66. The molecule has 0 spiro atoms. The molecule has 2 aromatic carbocycles. The molecular weight excluding hydrogens is 316 g/mol. The van der Waals surface area contributed by atoms with Gasteiger partial charge in [0.05, 0.1) is 15.1 Å². The number of aryl methyl sites for hydroxylation is 3. The number of benzene rings is 2. The van der Waals surface area contributed by atoms with Gasteiger partial charge in [-0.15, -0.1) is 4.40 Å². The molecule has 0 saturated heterocycles. The van der Waals surface area contributed by atoms with E-state index in [1.807, 2.05) is 25.5 Å². The molecule has 22 heavy (non-hydrogen) atoms. The first-order valence-electron chi connectivity index (χ1n) is 6.81. The molecule has 0 saturated carbocycles. The Morgan fingerprint density at radius 2 is 1.68 bits per heavy atom. The van der Waals surface area contributed by atoms with Gasteiger partial charge in [0.25, 0.3) is 10.0 Å². The fourth-order valence-corrected chi connectivity index (χ4v) is 4.56. The molecule has 6 heteroatoms. The summed E-state index contributed by atoms with van der Waals surface area (Å²) in [5, 5.41) is 0. The van der Waals surface area contributed by atoms with Gasteiger partial charge in [0.2, 0.25) is 4.80 Å². The molecule has 0 aliphatic rings. The van der Waals surface area contributed by atoms with Crippen LogP contribution in [0.5, 0.6) is 0 Å². The highest BCUT2D eigenvalue weighted by atomic mass is 32.2. The minimum absolute atomic E-state index is 0.208. The van der Waals surface area contributed by atoms with Crippen molar-refractivity contribution in [1.29, 1.82) is 0 Å². The van der Waals surface area contributed by atoms with Gasteiger partial charge in [0, 0.05) is 7.05 Å². The zero-order valence-corrected chi connectivity index (χ0v) is 14.2. The molecule has 0 aliphatic heterocycles. The van der Waals surface area contributed by atoms with E-state index in [1.54, 1.807) is 30.3 Å². The van der Waals surface area contributed by atoms with Crippen LogP contribution in [0.3, 0.4) is 0 Å². The van der Waals surface area contributed by atoms with E-state index in [4.69, 9.17) is 0 Å². The molecule has 0 N–H and O–H groups in total. The van der Waals surface area contributed by atoms with E-state index in [1.165, 1.54) is 22.5 Å².